The highest BCUT2D eigenvalue weighted by Gasteiger charge is 2.30. The molecule has 18 heavy (non-hydrogen) atoms. The van der Waals surface area contributed by atoms with E-state index in [1.807, 2.05) is 12.1 Å². The summed E-state index contributed by atoms with van der Waals surface area (Å²) < 4.78 is 0. The summed E-state index contributed by atoms with van der Waals surface area (Å²) >= 11 is 0. The third-order valence-electron chi connectivity index (χ3n) is 3.52. The van der Waals surface area contributed by atoms with Crippen LogP contribution in [0.2, 0.25) is 0 Å². The standard InChI is InChI=1S/C13H19N3O2/c1-13(2)10-14-7-8-15(13)9-11-5-3-4-6-12(11)16(17)18/h3-6,14H,7-10H2,1-2H3. The van der Waals surface area contributed by atoms with Crippen molar-refractivity contribution in [2.24, 2.45) is 0 Å². The first kappa shape index (κ1) is 13.0. The van der Waals surface area contributed by atoms with E-state index in [0.717, 1.165) is 25.2 Å². The lowest BCUT2D eigenvalue weighted by Gasteiger charge is -2.42. The minimum atomic E-state index is -0.301. The van der Waals surface area contributed by atoms with E-state index in [0.29, 0.717) is 6.54 Å². The third kappa shape index (κ3) is 2.68. The Morgan fingerprint density at radius 2 is 2.17 bits per heavy atom. The molecule has 1 aliphatic rings. The van der Waals surface area contributed by atoms with E-state index in [1.165, 1.54) is 0 Å². The summed E-state index contributed by atoms with van der Waals surface area (Å²) in [5.74, 6) is 0. The van der Waals surface area contributed by atoms with E-state index in [2.05, 4.69) is 24.1 Å². The Hall–Kier alpha value is -1.46. The normalized spacial score (nSPS) is 19.7. The molecule has 0 aromatic heterocycles. The van der Waals surface area contributed by atoms with Gasteiger partial charge in [0.1, 0.15) is 0 Å². The molecule has 0 atom stereocenters. The summed E-state index contributed by atoms with van der Waals surface area (Å²) in [6, 6.07) is 6.99. The zero-order valence-electron chi connectivity index (χ0n) is 10.8. The zero-order chi connectivity index (χ0) is 13.2. The second kappa shape index (κ2) is 5.04. The highest BCUT2D eigenvalue weighted by molar-refractivity contribution is 5.39. The van der Waals surface area contributed by atoms with E-state index in [1.54, 1.807) is 12.1 Å². The summed E-state index contributed by atoms with van der Waals surface area (Å²) in [6.45, 7) is 7.71. The Kier molecular flexibility index (Phi) is 3.63. The minimum Gasteiger partial charge on any atom is -0.314 e. The molecule has 5 heteroatoms. The molecule has 98 valence electrons. The molecule has 1 aromatic rings. The number of nitrogens with one attached hydrogen (secondary N) is 1. The Labute approximate surface area is 107 Å². The van der Waals surface area contributed by atoms with Crippen LogP contribution in [0.3, 0.4) is 0 Å². The van der Waals surface area contributed by atoms with E-state index >= 15 is 0 Å². The van der Waals surface area contributed by atoms with Crippen molar-refractivity contribution in [1.82, 2.24) is 10.2 Å². The highest BCUT2D eigenvalue weighted by atomic mass is 16.6. The summed E-state index contributed by atoms with van der Waals surface area (Å²) in [7, 11) is 0. The van der Waals surface area contributed by atoms with Crippen LogP contribution < -0.4 is 5.32 Å². The van der Waals surface area contributed by atoms with Crippen LogP contribution in [0.15, 0.2) is 24.3 Å². The fraction of sp³-hybridized carbons (Fsp3) is 0.538. The molecule has 1 heterocycles. The zero-order valence-corrected chi connectivity index (χ0v) is 10.8. The molecular weight excluding hydrogens is 230 g/mol. The number of benzene rings is 1. The Balaban J connectivity index is 2.21. The first-order valence-electron chi connectivity index (χ1n) is 6.19. The van der Waals surface area contributed by atoms with E-state index in [9.17, 15) is 10.1 Å². The highest BCUT2D eigenvalue weighted by Crippen LogP contribution is 2.24. The number of hydrogen-bond donors (Lipinski definition) is 1. The predicted molar refractivity (Wildman–Crippen MR) is 70.5 cm³/mol. The van der Waals surface area contributed by atoms with E-state index in [-0.39, 0.29) is 16.1 Å². The molecule has 1 fully saturated rings. The summed E-state index contributed by atoms with van der Waals surface area (Å²) in [4.78, 5) is 13.0. The van der Waals surface area contributed by atoms with Crippen LogP contribution >= 0.6 is 0 Å². The molecule has 1 aromatic carbocycles. The van der Waals surface area contributed by atoms with Crippen LogP contribution in [0.5, 0.6) is 0 Å². The number of nitrogens with zero attached hydrogens (tertiary/aromatic N) is 2. The monoisotopic (exact) mass is 249 g/mol. The first-order valence-corrected chi connectivity index (χ1v) is 6.19. The van der Waals surface area contributed by atoms with Crippen molar-refractivity contribution in [2.75, 3.05) is 19.6 Å². The van der Waals surface area contributed by atoms with Gasteiger partial charge in [0, 0.05) is 43.3 Å². The van der Waals surface area contributed by atoms with Gasteiger partial charge >= 0.3 is 0 Å². The van der Waals surface area contributed by atoms with Crippen molar-refractivity contribution in [1.29, 1.82) is 0 Å². The molecule has 1 aliphatic heterocycles. The van der Waals surface area contributed by atoms with Crippen molar-refractivity contribution in [3.05, 3.63) is 39.9 Å². The molecule has 1 N–H and O–H groups in total. The maximum Gasteiger partial charge on any atom is 0.273 e. The van der Waals surface area contributed by atoms with Crippen molar-refractivity contribution in [2.45, 2.75) is 25.9 Å². The molecular formula is C13H19N3O2. The number of hydrogen-bond acceptors (Lipinski definition) is 4. The van der Waals surface area contributed by atoms with Gasteiger partial charge in [0.2, 0.25) is 0 Å². The van der Waals surface area contributed by atoms with Crippen LogP contribution in [0.4, 0.5) is 5.69 Å². The van der Waals surface area contributed by atoms with Gasteiger partial charge in [-0.1, -0.05) is 18.2 Å². The maximum atomic E-state index is 11.0. The molecule has 0 bridgehead atoms. The van der Waals surface area contributed by atoms with Gasteiger partial charge < -0.3 is 5.32 Å². The maximum absolute atomic E-state index is 11.0. The van der Waals surface area contributed by atoms with Crippen LogP contribution in [0.25, 0.3) is 0 Å². The van der Waals surface area contributed by atoms with Crippen LogP contribution in [-0.2, 0) is 6.54 Å². The van der Waals surface area contributed by atoms with E-state index in [4.69, 9.17) is 0 Å². The molecule has 0 amide bonds. The lowest BCUT2D eigenvalue weighted by molar-refractivity contribution is -0.385. The Bertz CT molecular complexity index is 446. The van der Waals surface area contributed by atoms with E-state index < -0.39 is 0 Å². The van der Waals surface area contributed by atoms with Gasteiger partial charge in [0.25, 0.3) is 5.69 Å². The minimum absolute atomic E-state index is 0.0297. The SMILES string of the molecule is CC1(C)CNCCN1Cc1ccccc1[N+](=O)[O-]. The topological polar surface area (TPSA) is 58.4 Å². The predicted octanol–water partition coefficient (Wildman–Crippen LogP) is 1.78. The van der Waals surface area contributed by atoms with Crippen LogP contribution in [0, 0.1) is 10.1 Å². The number of rotatable bonds is 3. The van der Waals surface area contributed by atoms with Gasteiger partial charge in [-0.05, 0) is 13.8 Å². The molecule has 2 rings (SSSR count). The summed E-state index contributed by atoms with van der Waals surface area (Å²) in [6.07, 6.45) is 0. The quantitative estimate of drug-likeness (QED) is 0.655. The van der Waals surface area contributed by atoms with Crippen molar-refractivity contribution in [3.8, 4) is 0 Å². The van der Waals surface area contributed by atoms with Gasteiger partial charge in [-0.3, -0.25) is 15.0 Å². The smallest absolute Gasteiger partial charge is 0.273 e. The Morgan fingerprint density at radius 1 is 1.44 bits per heavy atom. The number of piperazine rings is 1. The van der Waals surface area contributed by atoms with Crippen LogP contribution in [0.1, 0.15) is 19.4 Å². The second-order valence-corrected chi connectivity index (χ2v) is 5.30. The number of nitro benzene ring substituents is 1. The molecule has 0 saturated carbocycles. The summed E-state index contributed by atoms with van der Waals surface area (Å²) in [5.41, 5.74) is 1.03. The molecule has 0 spiro atoms. The largest absolute Gasteiger partial charge is 0.314 e. The van der Waals surface area contributed by atoms with Gasteiger partial charge in [-0.15, -0.1) is 0 Å². The average Bonchev–Trinajstić information content (AvgIpc) is 2.32. The molecule has 5 nitrogen and oxygen atoms in total. The molecule has 0 aliphatic carbocycles. The molecule has 0 radical (unpaired) electrons. The van der Waals surface area contributed by atoms with Gasteiger partial charge in [0.05, 0.1) is 4.92 Å². The van der Waals surface area contributed by atoms with Gasteiger partial charge in [-0.25, -0.2) is 0 Å². The lowest BCUT2D eigenvalue weighted by Crippen LogP contribution is -2.57. The average molecular weight is 249 g/mol. The van der Waals surface area contributed by atoms with Crippen molar-refractivity contribution < 1.29 is 4.92 Å². The molecule has 0 unspecified atom stereocenters. The number of para-hydroxylation sites is 1. The fourth-order valence-corrected chi connectivity index (χ4v) is 2.34. The first-order chi connectivity index (χ1) is 8.50. The summed E-state index contributed by atoms with van der Waals surface area (Å²) in [5, 5.41) is 14.4. The second-order valence-electron chi connectivity index (χ2n) is 5.30. The number of nitro groups is 1. The fourth-order valence-electron chi connectivity index (χ4n) is 2.34. The third-order valence-corrected chi connectivity index (χ3v) is 3.52. The van der Waals surface area contributed by atoms with Gasteiger partial charge in [-0.2, -0.15) is 0 Å². The Morgan fingerprint density at radius 3 is 2.83 bits per heavy atom. The molecule has 1 saturated heterocycles. The van der Waals surface area contributed by atoms with Crippen molar-refractivity contribution in [3.63, 3.8) is 0 Å². The van der Waals surface area contributed by atoms with Crippen molar-refractivity contribution >= 4 is 5.69 Å². The van der Waals surface area contributed by atoms with Gasteiger partial charge in [0.15, 0.2) is 0 Å². The lowest BCUT2D eigenvalue weighted by atomic mass is 9.99. The van der Waals surface area contributed by atoms with Crippen LogP contribution in [-0.4, -0.2) is 35.0 Å².